The summed E-state index contributed by atoms with van der Waals surface area (Å²) >= 11 is 0. The summed E-state index contributed by atoms with van der Waals surface area (Å²) in [5.41, 5.74) is -1.38. The van der Waals surface area contributed by atoms with Crippen LogP contribution in [0.3, 0.4) is 0 Å². The lowest BCUT2D eigenvalue weighted by Crippen LogP contribution is -2.61. The van der Waals surface area contributed by atoms with Crippen molar-refractivity contribution in [1.29, 1.82) is 0 Å². The number of hydrogen-bond acceptors (Lipinski definition) is 5. The van der Waals surface area contributed by atoms with E-state index in [9.17, 15) is 18.4 Å². The zero-order valence-electron chi connectivity index (χ0n) is 16.6. The number of methoxy groups -OCH3 is 1. The largest absolute Gasteiger partial charge is 0.469 e. The van der Waals surface area contributed by atoms with Crippen molar-refractivity contribution in [2.45, 2.75) is 43.3 Å². The number of carbonyl (C=O) groups is 2. The fraction of sp³-hybridized carbons (Fsp3) is 0.619. The molecule has 1 aromatic carbocycles. The standard InChI is InChI=1S/C21H26F2N2O4/c1-28-17(26)5-10-24-11-8-21(9-12-24)14-25(13-20(29-21)6-7-20)19(27)18-15(22)3-2-4-16(18)23/h2-4H,5-14H2,1H3. The zero-order chi connectivity index (χ0) is 20.6. The van der Waals surface area contributed by atoms with Gasteiger partial charge in [-0.15, -0.1) is 0 Å². The number of amides is 1. The first-order valence-corrected chi connectivity index (χ1v) is 10.1. The molecule has 158 valence electrons. The molecule has 0 radical (unpaired) electrons. The Balaban J connectivity index is 1.46. The molecule has 1 saturated carbocycles. The van der Waals surface area contributed by atoms with Crippen LogP contribution in [0.5, 0.6) is 0 Å². The normalized spacial score (nSPS) is 22.7. The first kappa shape index (κ1) is 20.2. The van der Waals surface area contributed by atoms with Crippen molar-refractivity contribution in [2.75, 3.05) is 39.8 Å². The van der Waals surface area contributed by atoms with E-state index in [0.717, 1.165) is 38.1 Å². The van der Waals surface area contributed by atoms with Gasteiger partial charge in [-0.05, 0) is 37.8 Å². The van der Waals surface area contributed by atoms with Gasteiger partial charge in [0.05, 0.1) is 37.8 Å². The third-order valence-corrected chi connectivity index (χ3v) is 6.29. The monoisotopic (exact) mass is 408 g/mol. The van der Waals surface area contributed by atoms with Gasteiger partial charge in [0.25, 0.3) is 5.91 Å². The second kappa shape index (κ2) is 7.65. The van der Waals surface area contributed by atoms with Crippen LogP contribution in [0.25, 0.3) is 0 Å². The fourth-order valence-corrected chi connectivity index (χ4v) is 4.47. The van der Waals surface area contributed by atoms with E-state index in [2.05, 4.69) is 4.90 Å². The van der Waals surface area contributed by atoms with E-state index in [4.69, 9.17) is 9.47 Å². The number of likely N-dealkylation sites (tertiary alicyclic amines) is 1. The van der Waals surface area contributed by atoms with Crippen LogP contribution in [-0.2, 0) is 14.3 Å². The molecule has 2 spiro atoms. The van der Waals surface area contributed by atoms with Gasteiger partial charge in [0.1, 0.15) is 17.2 Å². The average Bonchev–Trinajstić information content (AvgIpc) is 3.44. The highest BCUT2D eigenvalue weighted by Gasteiger charge is 2.57. The molecule has 0 atom stereocenters. The number of hydrogen-bond donors (Lipinski definition) is 0. The number of piperidine rings is 1. The summed E-state index contributed by atoms with van der Waals surface area (Å²) < 4.78 is 39.5. The van der Waals surface area contributed by atoms with Crippen molar-refractivity contribution in [3.05, 3.63) is 35.4 Å². The Morgan fingerprint density at radius 2 is 1.66 bits per heavy atom. The van der Waals surface area contributed by atoms with Crippen LogP contribution in [0.2, 0.25) is 0 Å². The van der Waals surface area contributed by atoms with Gasteiger partial charge in [0.15, 0.2) is 0 Å². The third kappa shape index (κ3) is 4.14. The Hall–Kier alpha value is -2.06. The lowest BCUT2D eigenvalue weighted by molar-refractivity contribution is -0.180. The van der Waals surface area contributed by atoms with Gasteiger partial charge in [-0.3, -0.25) is 9.59 Å². The third-order valence-electron chi connectivity index (χ3n) is 6.29. The van der Waals surface area contributed by atoms with E-state index in [1.165, 1.54) is 13.2 Å². The van der Waals surface area contributed by atoms with E-state index in [1.807, 2.05) is 0 Å². The number of benzene rings is 1. The summed E-state index contributed by atoms with van der Waals surface area (Å²) in [5.74, 6) is -2.52. The van der Waals surface area contributed by atoms with Crippen molar-refractivity contribution < 1.29 is 27.8 Å². The van der Waals surface area contributed by atoms with E-state index in [1.54, 1.807) is 4.90 Å². The van der Waals surface area contributed by atoms with Gasteiger partial charge in [0, 0.05) is 19.6 Å². The number of rotatable bonds is 4. The molecule has 0 aromatic heterocycles. The maximum absolute atomic E-state index is 14.2. The molecule has 0 N–H and O–H groups in total. The fourth-order valence-electron chi connectivity index (χ4n) is 4.47. The summed E-state index contributed by atoms with van der Waals surface area (Å²) in [6, 6.07) is 3.48. The van der Waals surface area contributed by atoms with Crippen LogP contribution in [0.4, 0.5) is 8.78 Å². The van der Waals surface area contributed by atoms with Crippen LogP contribution >= 0.6 is 0 Å². The molecule has 2 heterocycles. The van der Waals surface area contributed by atoms with Gasteiger partial charge in [-0.1, -0.05) is 6.07 Å². The Labute approximate surface area is 168 Å². The van der Waals surface area contributed by atoms with Crippen LogP contribution in [0.15, 0.2) is 18.2 Å². The highest BCUT2D eigenvalue weighted by molar-refractivity contribution is 5.95. The van der Waals surface area contributed by atoms with E-state index in [-0.39, 0.29) is 11.6 Å². The van der Waals surface area contributed by atoms with Gasteiger partial charge in [0.2, 0.25) is 0 Å². The zero-order valence-corrected chi connectivity index (χ0v) is 16.6. The molecule has 2 saturated heterocycles. The van der Waals surface area contributed by atoms with E-state index >= 15 is 0 Å². The molecule has 29 heavy (non-hydrogen) atoms. The Bertz CT molecular complexity index is 784. The highest BCUT2D eigenvalue weighted by Crippen LogP contribution is 2.49. The second-order valence-electron chi connectivity index (χ2n) is 8.39. The van der Waals surface area contributed by atoms with Crippen LogP contribution in [0.1, 0.15) is 42.5 Å². The molecular formula is C21H26F2N2O4. The predicted octanol–water partition coefficient (Wildman–Crippen LogP) is 2.37. The van der Waals surface area contributed by atoms with Crippen molar-refractivity contribution in [3.63, 3.8) is 0 Å². The molecular weight excluding hydrogens is 382 g/mol. The first-order chi connectivity index (χ1) is 13.9. The Kier molecular flexibility index (Phi) is 5.33. The second-order valence-corrected chi connectivity index (χ2v) is 8.39. The minimum Gasteiger partial charge on any atom is -0.469 e. The molecule has 3 fully saturated rings. The Morgan fingerprint density at radius 3 is 2.21 bits per heavy atom. The number of halogens is 2. The van der Waals surface area contributed by atoms with Crippen LogP contribution in [-0.4, -0.2) is 72.7 Å². The molecule has 1 aromatic rings. The quantitative estimate of drug-likeness (QED) is 0.716. The molecule has 3 aliphatic rings. The minimum atomic E-state index is -0.835. The summed E-state index contributed by atoms with van der Waals surface area (Å²) in [7, 11) is 1.38. The molecule has 1 aliphatic carbocycles. The summed E-state index contributed by atoms with van der Waals surface area (Å²) in [4.78, 5) is 28.1. The lowest BCUT2D eigenvalue weighted by atomic mass is 9.87. The molecule has 0 unspecified atom stereocenters. The molecule has 0 bridgehead atoms. The minimum absolute atomic E-state index is 0.236. The molecule has 2 aliphatic heterocycles. The van der Waals surface area contributed by atoms with E-state index in [0.29, 0.717) is 38.9 Å². The van der Waals surface area contributed by atoms with Crippen molar-refractivity contribution in [3.8, 4) is 0 Å². The molecule has 6 nitrogen and oxygen atoms in total. The highest BCUT2D eigenvalue weighted by atomic mass is 19.1. The van der Waals surface area contributed by atoms with Crippen molar-refractivity contribution >= 4 is 11.9 Å². The lowest BCUT2D eigenvalue weighted by Gasteiger charge is -2.50. The Morgan fingerprint density at radius 1 is 1.07 bits per heavy atom. The maximum atomic E-state index is 14.2. The van der Waals surface area contributed by atoms with Gasteiger partial charge >= 0.3 is 5.97 Å². The first-order valence-electron chi connectivity index (χ1n) is 10.1. The average molecular weight is 408 g/mol. The van der Waals surface area contributed by atoms with Crippen molar-refractivity contribution in [2.24, 2.45) is 0 Å². The van der Waals surface area contributed by atoms with Gasteiger partial charge in [-0.25, -0.2) is 8.78 Å². The van der Waals surface area contributed by atoms with Crippen LogP contribution < -0.4 is 0 Å². The number of ether oxygens (including phenoxy) is 2. The smallest absolute Gasteiger partial charge is 0.306 e. The maximum Gasteiger partial charge on any atom is 0.306 e. The summed E-state index contributed by atoms with van der Waals surface area (Å²) in [5, 5.41) is 0. The summed E-state index contributed by atoms with van der Waals surface area (Å²) in [6.45, 7) is 2.79. The van der Waals surface area contributed by atoms with E-state index < -0.39 is 28.7 Å². The molecule has 8 heteroatoms. The van der Waals surface area contributed by atoms with Gasteiger partial charge < -0.3 is 19.3 Å². The number of morpholine rings is 1. The topological polar surface area (TPSA) is 59.1 Å². The number of nitrogens with zero attached hydrogens (tertiary/aromatic N) is 2. The number of carbonyl (C=O) groups excluding carboxylic acids is 2. The predicted molar refractivity (Wildman–Crippen MR) is 100 cm³/mol. The molecule has 1 amide bonds. The van der Waals surface area contributed by atoms with Gasteiger partial charge in [-0.2, -0.15) is 0 Å². The summed E-state index contributed by atoms with van der Waals surface area (Å²) in [6.07, 6.45) is 3.46. The SMILES string of the molecule is COC(=O)CCN1CCC2(CC1)CN(C(=O)c1c(F)cccc1F)CC1(CC1)O2. The number of esters is 1. The molecule has 4 rings (SSSR count). The van der Waals surface area contributed by atoms with Crippen molar-refractivity contribution in [1.82, 2.24) is 9.80 Å². The van der Waals surface area contributed by atoms with Crippen LogP contribution in [0, 0.1) is 11.6 Å².